The molecule has 0 amide bonds. The van der Waals surface area contributed by atoms with Crippen LogP contribution in [0.3, 0.4) is 0 Å². The smallest absolute Gasteiger partial charge is 0.0924 e. The lowest BCUT2D eigenvalue weighted by molar-refractivity contribution is 0.871. The van der Waals surface area contributed by atoms with Crippen LogP contribution in [0.15, 0.2) is 0 Å². The minimum atomic E-state index is 0.120. The number of anilines is 1. The van der Waals surface area contributed by atoms with Crippen LogP contribution in [-0.4, -0.2) is 15.5 Å². The molecule has 5 nitrogen and oxygen atoms in total. The van der Waals surface area contributed by atoms with Crippen molar-refractivity contribution in [2.75, 3.05) is 5.73 Å². The van der Waals surface area contributed by atoms with E-state index in [1.54, 1.807) is 0 Å². The van der Waals surface area contributed by atoms with Gasteiger partial charge in [-0.2, -0.15) is 5.21 Å². The second kappa shape index (κ2) is 0.925. The standard InChI is InChI=1S/CH2N5/c2-1-3-5-6-4-1/h(H2-,2,3,4,5,6)/q-1. The van der Waals surface area contributed by atoms with Gasteiger partial charge in [-0.15, -0.1) is 5.21 Å². The first kappa shape index (κ1) is 3.08. The molecule has 0 aliphatic rings. The van der Waals surface area contributed by atoms with Gasteiger partial charge in [-0.05, 0) is 0 Å². The van der Waals surface area contributed by atoms with Crippen molar-refractivity contribution in [1.82, 2.24) is 20.6 Å². The average Bonchev–Trinajstić information content (AvgIpc) is 1.86. The largest absolute Gasteiger partial charge is 0.430 e. The highest BCUT2D eigenvalue weighted by molar-refractivity contribution is 5.04. The molecule has 0 atom stereocenters. The first-order valence-electron chi connectivity index (χ1n) is 1.34. The van der Waals surface area contributed by atoms with Crippen LogP contribution in [-0.2, 0) is 0 Å². The zero-order valence-electron chi connectivity index (χ0n) is 2.87. The summed E-state index contributed by atoms with van der Waals surface area (Å²) in [5, 5.41) is 12.6. The molecule has 0 fully saturated rings. The van der Waals surface area contributed by atoms with Crippen molar-refractivity contribution in [3.05, 3.63) is 0 Å². The number of nitrogens with zero attached hydrogens (tertiary/aromatic N) is 4. The van der Waals surface area contributed by atoms with Gasteiger partial charge in [-0.25, -0.2) is 5.10 Å². The van der Waals surface area contributed by atoms with Gasteiger partial charge < -0.3 is 5.73 Å². The Morgan fingerprint density at radius 1 is 1.67 bits per heavy atom. The van der Waals surface area contributed by atoms with Gasteiger partial charge in [0.15, 0.2) is 0 Å². The van der Waals surface area contributed by atoms with Crippen molar-refractivity contribution in [3.8, 4) is 0 Å². The molecule has 5 heteroatoms. The molecule has 0 bridgehead atoms. The van der Waals surface area contributed by atoms with Crippen molar-refractivity contribution in [2.24, 2.45) is 0 Å². The third kappa shape index (κ3) is 0.291. The normalized spacial score (nSPS) is 8.67. The summed E-state index contributed by atoms with van der Waals surface area (Å²) in [5.41, 5.74) is 4.93. The molecule has 0 unspecified atom stereocenters. The number of aromatic nitrogens is 4. The van der Waals surface area contributed by atoms with Crippen LogP contribution in [0.25, 0.3) is 0 Å². The van der Waals surface area contributed by atoms with Gasteiger partial charge in [0.25, 0.3) is 0 Å². The lowest BCUT2D eigenvalue weighted by Crippen LogP contribution is -1.87. The van der Waals surface area contributed by atoms with E-state index in [-0.39, 0.29) is 5.95 Å². The van der Waals surface area contributed by atoms with E-state index in [0.29, 0.717) is 0 Å². The lowest BCUT2D eigenvalue weighted by atomic mass is 11.2. The van der Waals surface area contributed by atoms with E-state index < -0.39 is 0 Å². The monoisotopic (exact) mass is 84.0 g/mol. The summed E-state index contributed by atoms with van der Waals surface area (Å²) < 4.78 is 0. The maximum absolute atomic E-state index is 4.93. The van der Waals surface area contributed by atoms with Crippen LogP contribution in [0.5, 0.6) is 0 Å². The molecule has 0 aromatic carbocycles. The van der Waals surface area contributed by atoms with Gasteiger partial charge in [-0.3, -0.25) is 5.10 Å². The van der Waals surface area contributed by atoms with Crippen molar-refractivity contribution in [2.45, 2.75) is 0 Å². The fourth-order valence-electron chi connectivity index (χ4n) is 0.152. The Morgan fingerprint density at radius 3 is 2.67 bits per heavy atom. The Hall–Kier alpha value is -1.13. The molecule has 0 spiro atoms. The fourth-order valence-corrected chi connectivity index (χ4v) is 0.152. The second-order valence-electron chi connectivity index (χ2n) is 0.737. The molecular weight excluding hydrogens is 82.0 g/mol. The average molecular weight is 84.1 g/mol. The summed E-state index contributed by atoms with van der Waals surface area (Å²) in [5.74, 6) is 0.120. The zero-order valence-corrected chi connectivity index (χ0v) is 2.87. The predicted molar refractivity (Wildman–Crippen MR) is 17.6 cm³/mol. The molecule has 0 aliphatic carbocycles. The number of hydrogen-bond acceptors (Lipinski definition) is 4. The highest BCUT2D eigenvalue weighted by Gasteiger charge is 1.65. The molecule has 1 aromatic heterocycles. The molecule has 0 aliphatic heterocycles. The van der Waals surface area contributed by atoms with Gasteiger partial charge in [0.05, 0.1) is 5.95 Å². The minimum absolute atomic E-state index is 0.120. The van der Waals surface area contributed by atoms with Crippen LogP contribution in [0.2, 0.25) is 0 Å². The van der Waals surface area contributed by atoms with Crippen LogP contribution in [0.1, 0.15) is 0 Å². The highest BCUT2D eigenvalue weighted by atomic mass is 15.5. The number of tetrazole rings is 1. The fraction of sp³-hybridized carbons (Fsp3) is 0. The molecule has 32 valence electrons. The lowest BCUT2D eigenvalue weighted by Gasteiger charge is -1.75. The quantitative estimate of drug-likeness (QED) is 0.410. The van der Waals surface area contributed by atoms with Crippen molar-refractivity contribution in [3.63, 3.8) is 0 Å². The Labute approximate surface area is 33.5 Å². The molecule has 2 N–H and O–H groups in total. The van der Waals surface area contributed by atoms with Crippen LogP contribution in [0.4, 0.5) is 5.95 Å². The summed E-state index contributed by atoms with van der Waals surface area (Å²) in [7, 11) is 0. The molecule has 1 heterocycles. The number of rotatable bonds is 0. The topological polar surface area (TPSA) is 78.8 Å². The molecule has 6 heavy (non-hydrogen) atoms. The van der Waals surface area contributed by atoms with Gasteiger partial charge in [0, 0.05) is 0 Å². The predicted octanol–water partition coefficient (Wildman–Crippen LogP) is -1.59. The second-order valence-corrected chi connectivity index (χ2v) is 0.737. The van der Waals surface area contributed by atoms with Crippen molar-refractivity contribution in [1.29, 1.82) is 0 Å². The van der Waals surface area contributed by atoms with E-state index in [0.717, 1.165) is 0 Å². The summed E-state index contributed by atoms with van der Waals surface area (Å²) in [6.45, 7) is 0. The summed E-state index contributed by atoms with van der Waals surface area (Å²) in [6.07, 6.45) is 0. The Kier molecular flexibility index (Phi) is 0.474. The Bertz CT molecular complexity index is 107. The van der Waals surface area contributed by atoms with Crippen LogP contribution < -0.4 is 10.8 Å². The molecule has 1 rings (SSSR count). The van der Waals surface area contributed by atoms with E-state index in [4.69, 9.17) is 5.73 Å². The Balaban J connectivity index is 3.05. The van der Waals surface area contributed by atoms with E-state index in [2.05, 4.69) is 20.6 Å². The minimum Gasteiger partial charge on any atom is -0.430 e. The number of nitrogen functional groups attached to an aromatic ring is 1. The molecule has 0 radical (unpaired) electrons. The van der Waals surface area contributed by atoms with Crippen LogP contribution in [0, 0.1) is 0 Å². The molecule has 0 saturated carbocycles. The summed E-state index contributed by atoms with van der Waals surface area (Å²) in [6, 6.07) is 0. The van der Waals surface area contributed by atoms with Crippen molar-refractivity contribution >= 4 is 5.95 Å². The van der Waals surface area contributed by atoms with Crippen molar-refractivity contribution < 1.29 is 0 Å². The van der Waals surface area contributed by atoms with Gasteiger partial charge in [-0.1, -0.05) is 0 Å². The van der Waals surface area contributed by atoms with Gasteiger partial charge in [0.1, 0.15) is 0 Å². The third-order valence-corrected chi connectivity index (χ3v) is 0.334. The Morgan fingerprint density at radius 2 is 2.50 bits per heavy atom. The third-order valence-electron chi connectivity index (χ3n) is 0.334. The van der Waals surface area contributed by atoms with Gasteiger partial charge >= 0.3 is 0 Å². The first-order chi connectivity index (χ1) is 2.89. The number of nitrogens with two attached hydrogens (primary N) is 1. The van der Waals surface area contributed by atoms with E-state index >= 15 is 0 Å². The summed E-state index contributed by atoms with van der Waals surface area (Å²) in [4.78, 5) is 0. The van der Waals surface area contributed by atoms with Crippen LogP contribution >= 0.6 is 0 Å². The van der Waals surface area contributed by atoms with E-state index in [1.165, 1.54) is 0 Å². The number of hydrogen-bond donors (Lipinski definition) is 1. The molecule has 1 aromatic rings. The van der Waals surface area contributed by atoms with E-state index in [1.807, 2.05) is 0 Å². The summed E-state index contributed by atoms with van der Waals surface area (Å²) >= 11 is 0. The zero-order chi connectivity index (χ0) is 4.41. The maximum Gasteiger partial charge on any atom is 0.0924 e. The van der Waals surface area contributed by atoms with E-state index in [9.17, 15) is 0 Å². The molecular formula is CH2N5-. The van der Waals surface area contributed by atoms with Gasteiger partial charge in [0.2, 0.25) is 0 Å². The molecule has 0 saturated heterocycles. The highest BCUT2D eigenvalue weighted by Crippen LogP contribution is 1.70. The maximum atomic E-state index is 4.93. The first-order valence-corrected chi connectivity index (χ1v) is 1.34. The SMILES string of the molecule is Nc1nnn[n-]1.